The highest BCUT2D eigenvalue weighted by atomic mass is 79.9. The van der Waals surface area contributed by atoms with Gasteiger partial charge in [-0.25, -0.2) is 4.39 Å². The lowest BCUT2D eigenvalue weighted by molar-refractivity contribution is 0.0969. The SMILES string of the molecule is CC(C)(C)[Si](C)(C)OCc1cc(OCc2ccccc2)ccc1C(C(=O)c1ccccc1F)c1ccc(Br)cc1. The van der Waals surface area contributed by atoms with Crippen LogP contribution in [0.3, 0.4) is 0 Å². The maximum atomic E-state index is 14.9. The molecule has 4 aromatic rings. The van der Waals surface area contributed by atoms with Crippen LogP contribution in [-0.2, 0) is 17.6 Å². The van der Waals surface area contributed by atoms with Gasteiger partial charge in [0, 0.05) is 4.47 Å². The Bertz CT molecular complexity index is 1450. The van der Waals surface area contributed by atoms with Gasteiger partial charge in [0.25, 0.3) is 0 Å². The van der Waals surface area contributed by atoms with E-state index in [-0.39, 0.29) is 16.4 Å². The van der Waals surface area contributed by atoms with Crippen molar-refractivity contribution in [1.82, 2.24) is 0 Å². The largest absolute Gasteiger partial charge is 0.489 e. The molecule has 6 heteroatoms. The van der Waals surface area contributed by atoms with Crippen molar-refractivity contribution in [2.75, 3.05) is 0 Å². The molecule has 0 fully saturated rings. The molecule has 0 spiro atoms. The molecular weight excluding hydrogens is 583 g/mol. The predicted molar refractivity (Wildman–Crippen MR) is 166 cm³/mol. The molecule has 0 radical (unpaired) electrons. The highest BCUT2D eigenvalue weighted by Crippen LogP contribution is 2.39. The van der Waals surface area contributed by atoms with E-state index in [1.54, 1.807) is 18.2 Å². The van der Waals surface area contributed by atoms with Crippen molar-refractivity contribution >= 4 is 30.0 Å². The Kier molecular flexibility index (Phi) is 9.44. The summed E-state index contributed by atoms with van der Waals surface area (Å²) in [6.45, 7) is 11.8. The van der Waals surface area contributed by atoms with Gasteiger partial charge in [0.1, 0.15) is 18.2 Å². The molecule has 0 N–H and O–H groups in total. The Labute approximate surface area is 246 Å². The monoisotopic (exact) mass is 618 g/mol. The zero-order valence-electron chi connectivity index (χ0n) is 23.7. The molecule has 208 valence electrons. The number of Topliss-reactive ketones (excluding diaryl/α,β-unsaturated/α-hetero) is 1. The van der Waals surface area contributed by atoms with Gasteiger partial charge in [-0.1, -0.05) is 97.4 Å². The Morgan fingerprint density at radius 2 is 1.52 bits per heavy atom. The van der Waals surface area contributed by atoms with Crippen LogP contribution in [0.15, 0.2) is 102 Å². The molecule has 0 aromatic heterocycles. The quantitative estimate of drug-likeness (QED) is 0.131. The summed E-state index contributed by atoms with van der Waals surface area (Å²) < 4.78 is 28.6. The first kappa shape index (κ1) is 29.9. The molecule has 0 saturated carbocycles. The average molecular weight is 620 g/mol. The fourth-order valence-corrected chi connectivity index (χ4v) is 5.45. The van der Waals surface area contributed by atoms with Gasteiger partial charge >= 0.3 is 0 Å². The number of rotatable bonds is 10. The lowest BCUT2D eigenvalue weighted by Crippen LogP contribution is -2.40. The smallest absolute Gasteiger partial charge is 0.192 e. The third-order valence-corrected chi connectivity index (χ3v) is 12.7. The lowest BCUT2D eigenvalue weighted by atomic mass is 9.82. The molecule has 40 heavy (non-hydrogen) atoms. The van der Waals surface area contributed by atoms with Gasteiger partial charge in [-0.3, -0.25) is 4.79 Å². The van der Waals surface area contributed by atoms with Crippen LogP contribution in [-0.4, -0.2) is 14.1 Å². The first-order valence-electron chi connectivity index (χ1n) is 13.4. The predicted octanol–water partition coefficient (Wildman–Crippen LogP) is 9.70. The Morgan fingerprint density at radius 1 is 0.875 bits per heavy atom. The molecular formula is C34H36BrFO3Si. The van der Waals surface area contributed by atoms with Crippen molar-refractivity contribution in [2.24, 2.45) is 0 Å². The standard InChI is InChI=1S/C34H36BrFO3Si/c1-34(2,3)40(4,5)39-23-26-21-28(38-22-24-11-7-6-8-12-24)19-20-29(26)32(25-15-17-27(35)18-16-25)33(37)30-13-9-10-14-31(30)36/h6-21,32H,22-23H2,1-5H3. The van der Waals surface area contributed by atoms with E-state index in [4.69, 9.17) is 9.16 Å². The van der Waals surface area contributed by atoms with Crippen LogP contribution >= 0.6 is 15.9 Å². The van der Waals surface area contributed by atoms with Crippen LogP contribution in [0, 0.1) is 5.82 Å². The van der Waals surface area contributed by atoms with E-state index in [0.29, 0.717) is 19.0 Å². The highest BCUT2D eigenvalue weighted by molar-refractivity contribution is 9.10. The molecule has 1 atom stereocenters. The summed E-state index contributed by atoms with van der Waals surface area (Å²) >= 11 is 3.49. The molecule has 0 bridgehead atoms. The van der Waals surface area contributed by atoms with Crippen molar-refractivity contribution in [3.05, 3.63) is 135 Å². The number of carbonyl (C=O) groups is 1. The Hall–Kier alpha value is -3.06. The fraction of sp³-hybridized carbons (Fsp3) is 0.265. The van der Waals surface area contributed by atoms with Crippen molar-refractivity contribution in [3.63, 3.8) is 0 Å². The molecule has 0 aliphatic rings. The second kappa shape index (κ2) is 12.6. The van der Waals surface area contributed by atoms with Crippen LogP contribution in [0.4, 0.5) is 4.39 Å². The number of ether oxygens (including phenoxy) is 1. The minimum absolute atomic E-state index is 0.0165. The number of carbonyl (C=O) groups excluding carboxylic acids is 1. The maximum absolute atomic E-state index is 14.9. The van der Waals surface area contributed by atoms with E-state index in [1.807, 2.05) is 72.8 Å². The fourth-order valence-electron chi connectivity index (χ4n) is 4.24. The van der Waals surface area contributed by atoms with Gasteiger partial charge in [-0.05, 0) is 76.8 Å². The van der Waals surface area contributed by atoms with Crippen LogP contribution < -0.4 is 4.74 Å². The summed E-state index contributed by atoms with van der Waals surface area (Å²) in [7, 11) is -2.11. The summed E-state index contributed by atoms with van der Waals surface area (Å²) in [5.74, 6) is -0.857. The molecule has 1 unspecified atom stereocenters. The van der Waals surface area contributed by atoms with Crippen molar-refractivity contribution < 1.29 is 18.3 Å². The van der Waals surface area contributed by atoms with Gasteiger partial charge in [-0.2, -0.15) is 0 Å². The Balaban J connectivity index is 1.79. The summed E-state index contributed by atoms with van der Waals surface area (Å²) in [5.41, 5.74) is 3.54. The molecule has 3 nitrogen and oxygen atoms in total. The second-order valence-corrected chi connectivity index (χ2v) is 17.2. The van der Waals surface area contributed by atoms with E-state index < -0.39 is 20.1 Å². The number of halogens is 2. The summed E-state index contributed by atoms with van der Waals surface area (Å²) in [5, 5.41) is 0.0165. The van der Waals surface area contributed by atoms with Crippen molar-refractivity contribution in [3.8, 4) is 5.75 Å². The van der Waals surface area contributed by atoms with Gasteiger partial charge in [0.2, 0.25) is 0 Å². The molecule has 4 rings (SSSR count). The molecule has 0 heterocycles. The van der Waals surface area contributed by atoms with E-state index in [0.717, 1.165) is 26.7 Å². The average Bonchev–Trinajstić information content (AvgIpc) is 2.93. The van der Waals surface area contributed by atoms with Gasteiger partial charge in [0.05, 0.1) is 18.1 Å². The molecule has 4 aromatic carbocycles. The van der Waals surface area contributed by atoms with Crippen LogP contribution in [0.25, 0.3) is 0 Å². The topological polar surface area (TPSA) is 35.5 Å². The minimum atomic E-state index is -2.11. The van der Waals surface area contributed by atoms with Crippen molar-refractivity contribution in [1.29, 1.82) is 0 Å². The first-order chi connectivity index (χ1) is 19.0. The number of benzene rings is 4. The highest BCUT2D eigenvalue weighted by Gasteiger charge is 2.37. The van der Waals surface area contributed by atoms with E-state index in [1.165, 1.54) is 6.07 Å². The first-order valence-corrected chi connectivity index (χ1v) is 17.1. The molecule has 0 aliphatic carbocycles. The number of ketones is 1. The zero-order chi connectivity index (χ0) is 28.9. The minimum Gasteiger partial charge on any atom is -0.489 e. The summed E-state index contributed by atoms with van der Waals surface area (Å²) in [4.78, 5) is 14.0. The zero-order valence-corrected chi connectivity index (χ0v) is 26.3. The molecule has 0 amide bonds. The van der Waals surface area contributed by atoms with Gasteiger partial charge in [0.15, 0.2) is 14.1 Å². The van der Waals surface area contributed by atoms with Gasteiger partial charge < -0.3 is 9.16 Å². The number of hydrogen-bond donors (Lipinski definition) is 0. The van der Waals surface area contributed by atoms with E-state index in [9.17, 15) is 9.18 Å². The van der Waals surface area contributed by atoms with E-state index in [2.05, 4.69) is 49.8 Å². The maximum Gasteiger partial charge on any atom is 0.192 e. The van der Waals surface area contributed by atoms with Crippen LogP contribution in [0.1, 0.15) is 59.3 Å². The third-order valence-electron chi connectivity index (χ3n) is 7.67. The molecule has 0 aliphatic heterocycles. The summed E-state index contributed by atoms with van der Waals surface area (Å²) in [6.07, 6.45) is 0. The van der Waals surface area contributed by atoms with E-state index >= 15 is 0 Å². The summed E-state index contributed by atoms with van der Waals surface area (Å²) in [6, 6.07) is 29.5. The van der Waals surface area contributed by atoms with Crippen LogP contribution in [0.5, 0.6) is 5.75 Å². The lowest BCUT2D eigenvalue weighted by Gasteiger charge is -2.36. The van der Waals surface area contributed by atoms with Crippen molar-refractivity contribution in [2.45, 2.75) is 58.0 Å². The number of hydrogen-bond acceptors (Lipinski definition) is 3. The Morgan fingerprint density at radius 3 is 2.17 bits per heavy atom. The molecule has 0 saturated heterocycles. The normalized spacial score (nSPS) is 12.7. The third kappa shape index (κ3) is 7.17. The van der Waals surface area contributed by atoms with Gasteiger partial charge in [-0.15, -0.1) is 0 Å². The van der Waals surface area contributed by atoms with Crippen LogP contribution in [0.2, 0.25) is 18.1 Å². The second-order valence-electron chi connectivity index (χ2n) is 11.5.